The summed E-state index contributed by atoms with van der Waals surface area (Å²) in [7, 11) is 0. The summed E-state index contributed by atoms with van der Waals surface area (Å²) in [6.07, 6.45) is 1.54. The molecule has 0 bridgehead atoms. The Hall–Kier alpha value is -1.28. The van der Waals surface area contributed by atoms with Crippen molar-refractivity contribution in [2.24, 2.45) is 0 Å². The molecule has 2 nitrogen and oxygen atoms in total. The summed E-state index contributed by atoms with van der Waals surface area (Å²) in [5.41, 5.74) is 1.21. The summed E-state index contributed by atoms with van der Waals surface area (Å²) >= 11 is 0. The van der Waals surface area contributed by atoms with Crippen molar-refractivity contribution in [3.8, 4) is 0 Å². The molecule has 0 saturated carbocycles. The summed E-state index contributed by atoms with van der Waals surface area (Å²) in [5.74, 6) is 0.753. The molecular formula is C15H22O2. The van der Waals surface area contributed by atoms with E-state index >= 15 is 0 Å². The maximum absolute atomic E-state index is 5.70. The SMILES string of the molecule is C=C(Cc1ccccc1)OC(CC)OC(C)C. The van der Waals surface area contributed by atoms with Gasteiger partial charge in [0.15, 0.2) is 6.29 Å². The molecular weight excluding hydrogens is 212 g/mol. The summed E-state index contributed by atoms with van der Waals surface area (Å²) in [6, 6.07) is 10.2. The second-order valence-electron chi connectivity index (χ2n) is 4.34. The lowest BCUT2D eigenvalue weighted by atomic mass is 10.1. The monoisotopic (exact) mass is 234 g/mol. The van der Waals surface area contributed by atoms with Crippen LogP contribution in [-0.4, -0.2) is 12.4 Å². The van der Waals surface area contributed by atoms with Gasteiger partial charge < -0.3 is 9.47 Å². The predicted octanol–water partition coefficient (Wildman–Crippen LogP) is 3.92. The molecule has 1 atom stereocenters. The van der Waals surface area contributed by atoms with Gasteiger partial charge in [-0.3, -0.25) is 0 Å². The highest BCUT2D eigenvalue weighted by molar-refractivity contribution is 5.18. The maximum atomic E-state index is 5.70. The molecule has 0 aliphatic heterocycles. The van der Waals surface area contributed by atoms with Crippen LogP contribution in [0.2, 0.25) is 0 Å². The van der Waals surface area contributed by atoms with E-state index in [1.807, 2.05) is 39.0 Å². The smallest absolute Gasteiger partial charge is 0.199 e. The van der Waals surface area contributed by atoms with Crippen LogP contribution in [0, 0.1) is 0 Å². The van der Waals surface area contributed by atoms with Gasteiger partial charge in [0.25, 0.3) is 0 Å². The zero-order valence-electron chi connectivity index (χ0n) is 11.0. The Kier molecular flexibility index (Phi) is 5.78. The fraction of sp³-hybridized carbons (Fsp3) is 0.467. The van der Waals surface area contributed by atoms with Gasteiger partial charge in [-0.1, -0.05) is 43.8 Å². The number of allylic oxidation sites excluding steroid dienone is 1. The van der Waals surface area contributed by atoms with Gasteiger partial charge in [0.05, 0.1) is 11.9 Å². The van der Waals surface area contributed by atoms with Crippen LogP contribution in [0.1, 0.15) is 32.8 Å². The molecule has 1 aromatic carbocycles. The van der Waals surface area contributed by atoms with Crippen LogP contribution < -0.4 is 0 Å². The molecule has 0 radical (unpaired) electrons. The molecule has 0 N–H and O–H groups in total. The van der Waals surface area contributed by atoms with Crippen molar-refractivity contribution in [3.63, 3.8) is 0 Å². The Morgan fingerprint density at radius 1 is 1.24 bits per heavy atom. The molecule has 0 amide bonds. The minimum Gasteiger partial charge on any atom is -0.470 e. The molecule has 1 aromatic rings. The third-order valence-corrected chi connectivity index (χ3v) is 2.30. The van der Waals surface area contributed by atoms with E-state index in [1.165, 1.54) is 5.56 Å². The van der Waals surface area contributed by atoms with E-state index < -0.39 is 0 Å². The van der Waals surface area contributed by atoms with E-state index in [0.29, 0.717) is 0 Å². The van der Waals surface area contributed by atoms with Crippen LogP contribution in [0.4, 0.5) is 0 Å². The molecule has 0 heterocycles. The minimum atomic E-state index is -0.189. The Labute approximate surface area is 104 Å². The Morgan fingerprint density at radius 2 is 1.88 bits per heavy atom. The van der Waals surface area contributed by atoms with E-state index in [4.69, 9.17) is 9.47 Å². The van der Waals surface area contributed by atoms with Crippen LogP contribution in [-0.2, 0) is 15.9 Å². The van der Waals surface area contributed by atoms with Gasteiger partial charge in [-0.05, 0) is 19.4 Å². The molecule has 94 valence electrons. The molecule has 0 fully saturated rings. The average molecular weight is 234 g/mol. The van der Waals surface area contributed by atoms with Gasteiger partial charge in [0, 0.05) is 12.8 Å². The standard InChI is InChI=1S/C15H22O2/c1-5-15(16-12(2)3)17-13(4)11-14-9-7-6-8-10-14/h6-10,12,15H,4-5,11H2,1-3H3. The fourth-order valence-corrected chi connectivity index (χ4v) is 1.56. The van der Waals surface area contributed by atoms with Gasteiger partial charge in [-0.2, -0.15) is 0 Å². The number of hydrogen-bond acceptors (Lipinski definition) is 2. The van der Waals surface area contributed by atoms with Crippen molar-refractivity contribution >= 4 is 0 Å². The van der Waals surface area contributed by atoms with Crippen LogP contribution in [0.5, 0.6) is 0 Å². The number of hydrogen-bond donors (Lipinski definition) is 0. The summed E-state index contributed by atoms with van der Waals surface area (Å²) < 4.78 is 11.3. The molecule has 17 heavy (non-hydrogen) atoms. The Balaban J connectivity index is 2.43. The first kappa shape index (κ1) is 13.8. The van der Waals surface area contributed by atoms with Crippen LogP contribution in [0.15, 0.2) is 42.7 Å². The zero-order chi connectivity index (χ0) is 12.7. The van der Waals surface area contributed by atoms with Gasteiger partial charge >= 0.3 is 0 Å². The van der Waals surface area contributed by atoms with Gasteiger partial charge in [-0.15, -0.1) is 0 Å². The second-order valence-corrected chi connectivity index (χ2v) is 4.34. The minimum absolute atomic E-state index is 0.171. The lowest BCUT2D eigenvalue weighted by Gasteiger charge is -2.21. The maximum Gasteiger partial charge on any atom is 0.199 e. The van der Waals surface area contributed by atoms with Crippen molar-refractivity contribution in [3.05, 3.63) is 48.2 Å². The number of benzene rings is 1. The topological polar surface area (TPSA) is 18.5 Å². The van der Waals surface area contributed by atoms with Crippen molar-refractivity contribution in [2.75, 3.05) is 0 Å². The van der Waals surface area contributed by atoms with Gasteiger partial charge in [0.2, 0.25) is 0 Å². The number of rotatable bonds is 7. The highest BCUT2D eigenvalue weighted by Gasteiger charge is 2.11. The first-order valence-corrected chi connectivity index (χ1v) is 6.15. The molecule has 0 aromatic heterocycles. The molecule has 0 aliphatic carbocycles. The van der Waals surface area contributed by atoms with Gasteiger partial charge in [0.1, 0.15) is 0 Å². The third-order valence-electron chi connectivity index (χ3n) is 2.30. The quantitative estimate of drug-likeness (QED) is 0.526. The Morgan fingerprint density at radius 3 is 2.41 bits per heavy atom. The lowest BCUT2D eigenvalue weighted by molar-refractivity contribution is -0.141. The van der Waals surface area contributed by atoms with Crippen molar-refractivity contribution < 1.29 is 9.47 Å². The Bertz CT molecular complexity index is 330. The summed E-state index contributed by atoms with van der Waals surface area (Å²) in [6.45, 7) is 10.00. The largest absolute Gasteiger partial charge is 0.470 e. The van der Waals surface area contributed by atoms with E-state index in [2.05, 4.69) is 18.7 Å². The fourth-order valence-electron chi connectivity index (χ4n) is 1.56. The van der Waals surface area contributed by atoms with Crippen LogP contribution in [0.3, 0.4) is 0 Å². The van der Waals surface area contributed by atoms with Crippen LogP contribution in [0.25, 0.3) is 0 Å². The van der Waals surface area contributed by atoms with E-state index in [0.717, 1.165) is 18.6 Å². The van der Waals surface area contributed by atoms with E-state index in [-0.39, 0.29) is 12.4 Å². The van der Waals surface area contributed by atoms with Crippen LogP contribution >= 0.6 is 0 Å². The zero-order valence-corrected chi connectivity index (χ0v) is 11.0. The second kappa shape index (κ2) is 7.13. The first-order valence-electron chi connectivity index (χ1n) is 6.15. The summed E-state index contributed by atoms with van der Waals surface area (Å²) in [5, 5.41) is 0. The van der Waals surface area contributed by atoms with Gasteiger partial charge in [-0.25, -0.2) is 0 Å². The van der Waals surface area contributed by atoms with E-state index in [1.54, 1.807) is 0 Å². The molecule has 1 unspecified atom stereocenters. The van der Waals surface area contributed by atoms with Crippen molar-refractivity contribution in [1.82, 2.24) is 0 Å². The number of ether oxygens (including phenoxy) is 2. The first-order chi connectivity index (χ1) is 8.11. The molecule has 0 saturated heterocycles. The summed E-state index contributed by atoms with van der Waals surface area (Å²) in [4.78, 5) is 0. The molecule has 2 heteroatoms. The highest BCUT2D eigenvalue weighted by atomic mass is 16.7. The van der Waals surface area contributed by atoms with Crippen molar-refractivity contribution in [1.29, 1.82) is 0 Å². The molecule has 0 spiro atoms. The molecule has 1 rings (SSSR count). The lowest BCUT2D eigenvalue weighted by Crippen LogP contribution is -2.20. The van der Waals surface area contributed by atoms with Crippen molar-refractivity contribution in [2.45, 2.75) is 46.0 Å². The highest BCUT2D eigenvalue weighted by Crippen LogP contribution is 2.13. The third kappa shape index (κ3) is 5.55. The molecule has 0 aliphatic rings. The normalized spacial score (nSPS) is 12.5. The predicted molar refractivity (Wildman–Crippen MR) is 70.7 cm³/mol. The van der Waals surface area contributed by atoms with E-state index in [9.17, 15) is 0 Å². The average Bonchev–Trinajstić information content (AvgIpc) is 2.28.